The van der Waals surface area contributed by atoms with Crippen LogP contribution in [0.3, 0.4) is 0 Å². The van der Waals surface area contributed by atoms with Crippen LogP contribution in [0.5, 0.6) is 5.75 Å². The first-order chi connectivity index (χ1) is 17.4. The third-order valence-electron chi connectivity index (χ3n) is 6.47. The average Bonchev–Trinajstić information content (AvgIpc) is 3.25. The largest absolute Gasteiger partial charge is 0.492 e. The van der Waals surface area contributed by atoms with Gasteiger partial charge in [0.2, 0.25) is 21.8 Å². The molecule has 3 atom stereocenters. The van der Waals surface area contributed by atoms with E-state index in [4.69, 9.17) is 20.8 Å². The average molecular weight is 553 g/mol. The van der Waals surface area contributed by atoms with E-state index in [-0.39, 0.29) is 39.6 Å². The number of carbonyl (C=O) groups excluding carboxylic acids is 1. The number of hydrogen-bond acceptors (Lipinski definition) is 7. The van der Waals surface area contributed by atoms with Gasteiger partial charge in [0, 0.05) is 29.8 Å². The van der Waals surface area contributed by atoms with E-state index in [9.17, 15) is 22.4 Å². The van der Waals surface area contributed by atoms with E-state index in [0.717, 1.165) is 5.56 Å². The van der Waals surface area contributed by atoms with Gasteiger partial charge in [-0.25, -0.2) is 22.7 Å². The number of amides is 1. The van der Waals surface area contributed by atoms with Gasteiger partial charge < -0.3 is 14.5 Å². The van der Waals surface area contributed by atoms with E-state index in [0.29, 0.717) is 17.5 Å². The molecular formula is C24H26ClFN4O6S. The first kappa shape index (κ1) is 26.8. The summed E-state index contributed by atoms with van der Waals surface area (Å²) >= 11 is 6.37. The lowest BCUT2D eigenvalue weighted by atomic mass is 9.88. The first-order valence-electron chi connectivity index (χ1n) is 11.5. The van der Waals surface area contributed by atoms with E-state index < -0.39 is 39.6 Å². The lowest BCUT2D eigenvalue weighted by Gasteiger charge is -2.30. The molecule has 0 radical (unpaired) electrons. The number of halogens is 2. The third-order valence-corrected chi connectivity index (χ3v) is 8.26. The van der Waals surface area contributed by atoms with Crippen LogP contribution in [0.15, 0.2) is 38.4 Å². The van der Waals surface area contributed by atoms with Crippen LogP contribution in [-0.4, -0.2) is 31.1 Å². The van der Waals surface area contributed by atoms with E-state index in [2.05, 4.69) is 20.2 Å². The molecule has 3 unspecified atom stereocenters. The molecule has 0 saturated heterocycles. The normalized spacial score (nSPS) is 17.0. The second-order valence-electron chi connectivity index (χ2n) is 8.92. The summed E-state index contributed by atoms with van der Waals surface area (Å²) in [5, 5.41) is 8.92. The predicted molar refractivity (Wildman–Crippen MR) is 133 cm³/mol. The van der Waals surface area contributed by atoms with Crippen molar-refractivity contribution < 1.29 is 26.8 Å². The monoisotopic (exact) mass is 552 g/mol. The minimum atomic E-state index is -4.38. The Labute approximate surface area is 217 Å². The summed E-state index contributed by atoms with van der Waals surface area (Å²) in [4.78, 5) is 23.2. The molecule has 37 heavy (non-hydrogen) atoms. The van der Waals surface area contributed by atoms with Crippen molar-refractivity contribution in [3.8, 4) is 5.75 Å². The van der Waals surface area contributed by atoms with Crippen LogP contribution in [0.4, 0.5) is 4.39 Å². The first-order valence-corrected chi connectivity index (χ1v) is 13.3. The number of carbonyl (C=O) groups is 1. The topological polar surface area (TPSA) is 143 Å². The highest BCUT2D eigenvalue weighted by molar-refractivity contribution is 7.89. The van der Waals surface area contributed by atoms with Crippen LogP contribution < -0.4 is 20.5 Å². The molecule has 2 heterocycles. The van der Waals surface area contributed by atoms with Crippen molar-refractivity contribution in [3.63, 3.8) is 0 Å². The minimum absolute atomic E-state index is 0.00204. The third kappa shape index (κ3) is 5.27. The maximum Gasteiger partial charge on any atom is 0.434 e. The predicted octanol–water partition coefficient (Wildman–Crippen LogP) is 3.56. The molecule has 0 saturated carbocycles. The molecule has 13 heteroatoms. The number of benzene rings is 2. The number of nitrogens with zero attached hydrogens (tertiary/aromatic N) is 1. The maximum absolute atomic E-state index is 15.0. The van der Waals surface area contributed by atoms with Gasteiger partial charge in [0.15, 0.2) is 0 Å². The maximum atomic E-state index is 15.0. The second kappa shape index (κ2) is 10.3. The molecule has 1 aliphatic heterocycles. The quantitative estimate of drug-likeness (QED) is 0.406. The number of nitrogens with one attached hydrogen (secondary N) is 3. The summed E-state index contributed by atoms with van der Waals surface area (Å²) in [5.41, 5.74) is 2.01. The Kier molecular flexibility index (Phi) is 7.45. The van der Waals surface area contributed by atoms with Crippen molar-refractivity contribution in [1.82, 2.24) is 20.2 Å². The molecule has 1 aliphatic rings. The summed E-state index contributed by atoms with van der Waals surface area (Å²) < 4.78 is 55.8. The van der Waals surface area contributed by atoms with E-state index >= 15 is 0 Å². The smallest absolute Gasteiger partial charge is 0.434 e. The van der Waals surface area contributed by atoms with E-state index in [1.54, 1.807) is 19.9 Å². The zero-order valence-corrected chi connectivity index (χ0v) is 22.1. The van der Waals surface area contributed by atoms with Gasteiger partial charge in [0.05, 0.1) is 12.6 Å². The Morgan fingerprint density at radius 3 is 2.65 bits per heavy atom. The van der Waals surface area contributed by atoms with Gasteiger partial charge >= 0.3 is 5.76 Å². The Morgan fingerprint density at radius 1 is 1.27 bits per heavy atom. The number of H-pyrrole nitrogens is 1. The van der Waals surface area contributed by atoms with Crippen molar-refractivity contribution in [2.24, 2.45) is 0 Å². The molecule has 1 aromatic heterocycles. The summed E-state index contributed by atoms with van der Waals surface area (Å²) in [7, 11) is -4.38. The molecule has 0 spiro atoms. The number of aromatic nitrogens is 2. The van der Waals surface area contributed by atoms with Gasteiger partial charge in [-0.05, 0) is 48.7 Å². The second-order valence-corrected chi connectivity index (χ2v) is 11.0. The van der Waals surface area contributed by atoms with E-state index in [1.807, 2.05) is 6.92 Å². The highest BCUT2D eigenvalue weighted by atomic mass is 35.5. The van der Waals surface area contributed by atoms with Gasteiger partial charge in [0.1, 0.15) is 22.5 Å². The molecule has 3 N–H and O–H groups in total. The van der Waals surface area contributed by atoms with Crippen molar-refractivity contribution in [1.29, 1.82) is 0 Å². The zero-order valence-electron chi connectivity index (χ0n) is 20.5. The molecule has 0 aliphatic carbocycles. The fraction of sp³-hybridized carbons (Fsp3) is 0.375. The molecule has 2 aromatic carbocycles. The van der Waals surface area contributed by atoms with Crippen LogP contribution in [0.1, 0.15) is 66.4 Å². The molecule has 0 bridgehead atoms. The van der Waals surface area contributed by atoms with Crippen LogP contribution >= 0.6 is 11.6 Å². The number of ether oxygens (including phenoxy) is 1. The lowest BCUT2D eigenvalue weighted by Crippen LogP contribution is -2.35. The molecule has 3 aromatic rings. The van der Waals surface area contributed by atoms with Gasteiger partial charge in [0.25, 0.3) is 0 Å². The van der Waals surface area contributed by atoms with Gasteiger partial charge in [-0.3, -0.25) is 4.79 Å². The SMILES string of the molecule is CC(=O)NC1CCOc2c(S(=O)(=O)NC(c3n[nH]c(=O)o3)C(C)c3c(F)ccc(C)c3C)ccc(Cl)c21. The standard InChI is InChI=1S/C24H26ClFN4O6S/c1-11-5-7-16(26)19(12(11)2)13(3)21(23-28-29-24(32)36-23)30-37(33,34)18-8-6-15(25)20-17(27-14(4)31)9-10-35-22(18)20/h5-8,13,17,21,30H,9-10H2,1-4H3,(H,27,31)(H,29,32). The molecular weight excluding hydrogens is 527 g/mol. The number of aryl methyl sites for hydroxylation is 1. The van der Waals surface area contributed by atoms with Crippen LogP contribution in [-0.2, 0) is 14.8 Å². The molecule has 10 nitrogen and oxygen atoms in total. The summed E-state index contributed by atoms with van der Waals surface area (Å²) in [6, 6.07) is 3.78. The Bertz CT molecular complexity index is 1520. The fourth-order valence-electron chi connectivity index (χ4n) is 4.56. The molecule has 198 valence electrons. The van der Waals surface area contributed by atoms with E-state index in [1.165, 1.54) is 25.1 Å². The molecule has 1 amide bonds. The Morgan fingerprint density at radius 2 is 2.00 bits per heavy atom. The number of sulfonamides is 1. The lowest BCUT2D eigenvalue weighted by molar-refractivity contribution is -0.119. The number of rotatable bonds is 7. The summed E-state index contributed by atoms with van der Waals surface area (Å²) in [5.74, 6) is -2.84. The van der Waals surface area contributed by atoms with Crippen LogP contribution in [0, 0.1) is 19.7 Å². The number of hydrogen-bond donors (Lipinski definition) is 3. The van der Waals surface area contributed by atoms with Crippen molar-refractivity contribution in [2.45, 2.75) is 57.0 Å². The van der Waals surface area contributed by atoms with Gasteiger partial charge in [-0.2, -0.15) is 4.72 Å². The van der Waals surface area contributed by atoms with Gasteiger partial charge in [-0.15, -0.1) is 5.10 Å². The Balaban J connectivity index is 1.81. The van der Waals surface area contributed by atoms with Crippen molar-refractivity contribution in [3.05, 3.63) is 73.8 Å². The highest BCUT2D eigenvalue weighted by Gasteiger charge is 2.37. The van der Waals surface area contributed by atoms with Crippen LogP contribution in [0.25, 0.3) is 0 Å². The van der Waals surface area contributed by atoms with Crippen LogP contribution in [0.2, 0.25) is 5.02 Å². The van der Waals surface area contributed by atoms with Crippen molar-refractivity contribution >= 4 is 27.5 Å². The zero-order chi connectivity index (χ0) is 27.1. The number of aromatic amines is 1. The molecule has 4 rings (SSSR count). The highest BCUT2D eigenvalue weighted by Crippen LogP contribution is 2.43. The molecule has 0 fully saturated rings. The fourth-order valence-corrected chi connectivity index (χ4v) is 6.26. The Hall–Kier alpha value is -3.22. The summed E-state index contributed by atoms with van der Waals surface area (Å²) in [6.07, 6.45) is 0.396. The van der Waals surface area contributed by atoms with Gasteiger partial charge in [-0.1, -0.05) is 24.6 Å². The number of fused-ring (bicyclic) bond motifs is 1. The minimum Gasteiger partial charge on any atom is -0.492 e. The summed E-state index contributed by atoms with van der Waals surface area (Å²) in [6.45, 7) is 6.63. The van der Waals surface area contributed by atoms with Crippen molar-refractivity contribution in [2.75, 3.05) is 6.61 Å².